The number of methoxy groups -OCH3 is 1. The van der Waals surface area contributed by atoms with Gasteiger partial charge in [0, 0.05) is 83.0 Å². The van der Waals surface area contributed by atoms with Crippen LogP contribution in [0.2, 0.25) is 0 Å². The zero-order valence-corrected chi connectivity index (χ0v) is 32.0. The maximum absolute atomic E-state index is 15.5. The standard InChI is InChI=1S/C39H53F2N9O4/c1-37(2,3)54-36(52)48-18-14-38(39(40,41)24-48)22-46(23-38)21-25-11-15-47(16-12-25)29-7-6-8-30-26(29)13-17-49(30)33-19-28(42-4)34-43-20-31(50(34)45-33)35(51)44-27-9-10-32(27)53-5/h6-8,19-20,25,27,32,42H,9-18,21-24H2,1-5H3,(H,44,51)/t27-,32-/m1/s1. The van der Waals surface area contributed by atoms with Gasteiger partial charge in [0.15, 0.2) is 17.2 Å². The minimum absolute atomic E-state index is 0.0215. The molecule has 1 spiro atoms. The van der Waals surface area contributed by atoms with E-state index in [0.29, 0.717) is 43.3 Å². The molecular formula is C39H53F2N9O4. The number of anilines is 4. The molecule has 8 rings (SSSR count). The highest BCUT2D eigenvalue weighted by Crippen LogP contribution is 2.51. The topological polar surface area (TPSA) is 120 Å². The Balaban J connectivity index is 0.895. The number of carbonyl (C=O) groups excluding carboxylic acids is 2. The number of amides is 2. The summed E-state index contributed by atoms with van der Waals surface area (Å²) >= 11 is 0. The molecule has 4 fully saturated rings. The smallest absolute Gasteiger partial charge is 0.410 e. The van der Waals surface area contributed by atoms with Gasteiger partial charge in [-0.3, -0.25) is 4.79 Å². The third kappa shape index (κ3) is 6.60. The molecule has 2 atom stereocenters. The van der Waals surface area contributed by atoms with Crippen LogP contribution < -0.4 is 20.4 Å². The van der Waals surface area contributed by atoms with Crippen molar-refractivity contribution < 1.29 is 27.8 Å². The van der Waals surface area contributed by atoms with Gasteiger partial charge in [-0.2, -0.15) is 0 Å². The van der Waals surface area contributed by atoms with Gasteiger partial charge in [0.25, 0.3) is 11.8 Å². The molecule has 4 aliphatic heterocycles. The Bertz CT molecular complexity index is 1900. The summed E-state index contributed by atoms with van der Waals surface area (Å²) in [5.74, 6) is -1.98. The predicted molar refractivity (Wildman–Crippen MR) is 202 cm³/mol. The van der Waals surface area contributed by atoms with E-state index in [1.165, 1.54) is 16.2 Å². The molecule has 2 N–H and O–H groups in total. The van der Waals surface area contributed by atoms with Crippen LogP contribution in [0.3, 0.4) is 0 Å². The van der Waals surface area contributed by atoms with Crippen LogP contribution >= 0.6 is 0 Å². The molecule has 292 valence electrons. The van der Waals surface area contributed by atoms with E-state index in [0.717, 1.165) is 75.5 Å². The van der Waals surface area contributed by atoms with Gasteiger partial charge in [-0.1, -0.05) is 6.07 Å². The van der Waals surface area contributed by atoms with Gasteiger partial charge in [-0.15, -0.1) is 5.10 Å². The summed E-state index contributed by atoms with van der Waals surface area (Å²) in [7, 11) is 3.52. The van der Waals surface area contributed by atoms with E-state index in [9.17, 15) is 9.59 Å². The maximum atomic E-state index is 15.5. The number of ether oxygens (including phenoxy) is 2. The molecule has 0 unspecified atom stereocenters. The quantitative estimate of drug-likeness (QED) is 0.320. The number of hydrogen-bond acceptors (Lipinski definition) is 10. The van der Waals surface area contributed by atoms with Gasteiger partial charge in [0.05, 0.1) is 36.0 Å². The second-order valence-electron chi connectivity index (χ2n) is 16.9. The third-order valence-corrected chi connectivity index (χ3v) is 12.3. The van der Waals surface area contributed by atoms with Crippen molar-refractivity contribution in [2.75, 3.05) is 81.6 Å². The van der Waals surface area contributed by atoms with E-state index in [1.807, 2.05) is 13.1 Å². The first-order valence-electron chi connectivity index (χ1n) is 19.4. The number of imidazole rings is 1. The minimum Gasteiger partial charge on any atom is -0.444 e. The van der Waals surface area contributed by atoms with E-state index >= 15 is 8.78 Å². The zero-order chi connectivity index (χ0) is 38.0. The second-order valence-corrected chi connectivity index (χ2v) is 16.9. The van der Waals surface area contributed by atoms with Crippen LogP contribution in [-0.2, 0) is 15.9 Å². The number of nitrogens with one attached hydrogen (secondary N) is 2. The second kappa shape index (κ2) is 13.8. The molecular weight excluding hydrogens is 696 g/mol. The van der Waals surface area contributed by atoms with Gasteiger partial charge < -0.3 is 39.7 Å². The largest absolute Gasteiger partial charge is 0.444 e. The molecule has 3 aromatic rings. The van der Waals surface area contributed by atoms with Crippen LogP contribution in [0.25, 0.3) is 5.65 Å². The molecule has 5 aliphatic rings. The predicted octanol–water partition coefficient (Wildman–Crippen LogP) is 5.17. The maximum Gasteiger partial charge on any atom is 0.410 e. The summed E-state index contributed by atoms with van der Waals surface area (Å²) in [6.07, 6.45) is 5.91. The van der Waals surface area contributed by atoms with Crippen molar-refractivity contribution in [3.63, 3.8) is 0 Å². The lowest BCUT2D eigenvalue weighted by Gasteiger charge is -2.58. The summed E-state index contributed by atoms with van der Waals surface area (Å²) in [5.41, 5.74) is 3.60. The van der Waals surface area contributed by atoms with Crippen molar-refractivity contribution in [2.24, 2.45) is 11.3 Å². The van der Waals surface area contributed by atoms with E-state index in [4.69, 9.17) is 14.6 Å². The average molecular weight is 750 g/mol. The van der Waals surface area contributed by atoms with E-state index in [-0.39, 0.29) is 18.1 Å². The summed E-state index contributed by atoms with van der Waals surface area (Å²) in [6, 6.07) is 8.41. The van der Waals surface area contributed by atoms with Crippen molar-refractivity contribution in [1.82, 2.24) is 29.7 Å². The first-order valence-corrected chi connectivity index (χ1v) is 19.4. The SMILES string of the molecule is CNc1cc(N2CCc3c(N4CCC(CN5CC6(CCN(C(=O)OC(C)(C)C)CC6(F)F)C5)CC4)cccc32)nn2c(C(=O)N[C@@H]3CC[C@H]3OC)cnc12. The number of halogens is 2. The van der Waals surface area contributed by atoms with Crippen molar-refractivity contribution in [1.29, 1.82) is 0 Å². The Morgan fingerprint density at radius 3 is 2.44 bits per heavy atom. The fraction of sp³-hybridized carbons (Fsp3) is 0.641. The summed E-state index contributed by atoms with van der Waals surface area (Å²) in [6.45, 7) is 9.12. The summed E-state index contributed by atoms with van der Waals surface area (Å²) in [4.78, 5) is 38.4. The molecule has 0 bridgehead atoms. The number of alkyl halides is 2. The molecule has 1 aromatic carbocycles. The molecule has 1 saturated carbocycles. The number of carbonyl (C=O) groups is 2. The molecule has 2 aromatic heterocycles. The van der Waals surface area contributed by atoms with Crippen molar-refractivity contribution >= 4 is 40.5 Å². The number of piperidine rings is 2. The minimum atomic E-state index is -2.95. The van der Waals surface area contributed by atoms with Crippen LogP contribution in [0.5, 0.6) is 0 Å². The Hall–Kier alpha value is -4.24. The first-order chi connectivity index (χ1) is 25.8. The van der Waals surface area contributed by atoms with Crippen LogP contribution in [0, 0.1) is 11.3 Å². The molecule has 1 aliphatic carbocycles. The van der Waals surface area contributed by atoms with Crippen molar-refractivity contribution in [2.45, 2.75) is 83.0 Å². The molecule has 13 nitrogen and oxygen atoms in total. The van der Waals surface area contributed by atoms with Gasteiger partial charge in [0.2, 0.25) is 0 Å². The molecule has 2 amide bonds. The normalized spacial score (nSPS) is 23.9. The van der Waals surface area contributed by atoms with Crippen molar-refractivity contribution in [3.8, 4) is 0 Å². The van der Waals surface area contributed by atoms with E-state index in [2.05, 4.69) is 48.5 Å². The van der Waals surface area contributed by atoms with Crippen LogP contribution in [0.1, 0.15) is 68.9 Å². The number of likely N-dealkylation sites (tertiary alicyclic amines) is 2. The van der Waals surface area contributed by atoms with Gasteiger partial charge in [-0.05, 0) is 77.3 Å². The number of rotatable bonds is 8. The van der Waals surface area contributed by atoms with Crippen LogP contribution in [0.15, 0.2) is 30.5 Å². The lowest BCUT2D eigenvalue weighted by molar-refractivity contribution is -0.223. The van der Waals surface area contributed by atoms with Gasteiger partial charge >= 0.3 is 6.09 Å². The van der Waals surface area contributed by atoms with E-state index < -0.39 is 29.6 Å². The first kappa shape index (κ1) is 36.7. The number of aromatic nitrogens is 3. The van der Waals surface area contributed by atoms with E-state index in [1.54, 1.807) is 38.6 Å². The Labute approximate surface area is 315 Å². The fourth-order valence-corrected chi connectivity index (χ4v) is 9.09. The highest BCUT2D eigenvalue weighted by atomic mass is 19.3. The summed E-state index contributed by atoms with van der Waals surface area (Å²) < 4.78 is 43.5. The zero-order valence-electron chi connectivity index (χ0n) is 32.0. The van der Waals surface area contributed by atoms with Crippen LogP contribution in [0.4, 0.5) is 36.5 Å². The Kier molecular flexibility index (Phi) is 9.39. The van der Waals surface area contributed by atoms with Gasteiger partial charge in [0.1, 0.15) is 5.60 Å². The monoisotopic (exact) mass is 749 g/mol. The third-order valence-electron chi connectivity index (χ3n) is 12.3. The Morgan fingerprint density at radius 2 is 1.78 bits per heavy atom. The molecule has 0 radical (unpaired) electrons. The number of nitrogens with zero attached hydrogens (tertiary/aromatic N) is 7. The molecule has 15 heteroatoms. The average Bonchev–Trinajstić information content (AvgIpc) is 3.74. The highest BCUT2D eigenvalue weighted by Gasteiger charge is 2.63. The molecule has 54 heavy (non-hydrogen) atoms. The lowest BCUT2D eigenvalue weighted by Crippen LogP contribution is -2.71. The number of benzene rings is 1. The van der Waals surface area contributed by atoms with Crippen LogP contribution in [-0.4, -0.2) is 127 Å². The number of hydrogen-bond donors (Lipinski definition) is 2. The number of fused-ring (bicyclic) bond motifs is 2. The van der Waals surface area contributed by atoms with Gasteiger partial charge in [-0.25, -0.2) is 23.1 Å². The highest BCUT2D eigenvalue weighted by molar-refractivity contribution is 5.94. The lowest BCUT2D eigenvalue weighted by atomic mass is 9.68. The molecule has 6 heterocycles. The fourth-order valence-electron chi connectivity index (χ4n) is 9.09. The molecule has 3 saturated heterocycles. The Morgan fingerprint density at radius 1 is 1.02 bits per heavy atom. The summed E-state index contributed by atoms with van der Waals surface area (Å²) in [5, 5.41) is 11.3. The van der Waals surface area contributed by atoms with Crippen molar-refractivity contribution in [3.05, 3.63) is 41.7 Å².